The van der Waals surface area contributed by atoms with Gasteiger partial charge in [-0.25, -0.2) is 0 Å². The minimum atomic E-state index is -1.17. The van der Waals surface area contributed by atoms with Crippen LogP contribution in [0, 0.1) is 17.8 Å². The molecule has 2 fully saturated rings. The zero-order chi connectivity index (χ0) is 37.9. The third kappa shape index (κ3) is 16.0. The van der Waals surface area contributed by atoms with Gasteiger partial charge in [-0.3, -0.25) is 14.4 Å². The fraction of sp³-hybridized carbons (Fsp3) is 0.917. The Morgan fingerprint density at radius 1 is 0.667 bits per heavy atom. The second-order valence-electron chi connectivity index (χ2n) is 14.5. The molecule has 0 aromatic heterocycles. The molecule has 0 radical (unpaired) electrons. The number of rotatable bonds is 25. The van der Waals surface area contributed by atoms with E-state index in [9.17, 15) is 45.0 Å². The topological polar surface area (TPSA) is 234 Å². The highest BCUT2D eigenvalue weighted by Crippen LogP contribution is 2.28. The molecule has 11 unspecified atom stereocenters. The second kappa shape index (κ2) is 24.5. The maximum absolute atomic E-state index is 12.9. The zero-order valence-electron chi connectivity index (χ0n) is 31.0. The average Bonchev–Trinajstić information content (AvgIpc) is 3.09. The number of unbranched alkanes of at least 4 members (excludes halogenated alkanes) is 5. The Morgan fingerprint density at radius 2 is 1.16 bits per heavy atom. The molecule has 0 aliphatic carbocycles. The van der Waals surface area contributed by atoms with E-state index in [1.165, 1.54) is 0 Å². The molecule has 8 N–H and O–H groups in total. The summed E-state index contributed by atoms with van der Waals surface area (Å²) in [4.78, 5) is 37.9. The lowest BCUT2D eigenvalue weighted by Crippen LogP contribution is -2.55. The van der Waals surface area contributed by atoms with E-state index in [-0.39, 0.29) is 29.9 Å². The molecule has 15 heteroatoms. The molecule has 51 heavy (non-hydrogen) atoms. The largest absolute Gasteiger partial charge is 0.394 e. The van der Waals surface area contributed by atoms with Crippen LogP contribution in [0.5, 0.6) is 0 Å². The van der Waals surface area contributed by atoms with Crippen molar-refractivity contribution in [2.24, 2.45) is 17.8 Å². The first-order valence-corrected chi connectivity index (χ1v) is 18.9. The quantitative estimate of drug-likeness (QED) is 0.0604. The molecule has 2 amide bonds. The maximum Gasteiger partial charge on any atom is 0.220 e. The van der Waals surface area contributed by atoms with Gasteiger partial charge in [0.05, 0.1) is 31.5 Å². The number of hydrogen-bond donors (Lipinski definition) is 8. The van der Waals surface area contributed by atoms with Gasteiger partial charge in [0.25, 0.3) is 0 Å². The lowest BCUT2D eigenvalue weighted by Gasteiger charge is -2.40. The number of nitrogens with one attached hydrogen (secondary N) is 2. The number of amides is 2. The van der Waals surface area contributed by atoms with Crippen molar-refractivity contribution in [2.75, 3.05) is 33.0 Å². The van der Waals surface area contributed by atoms with E-state index in [4.69, 9.17) is 18.9 Å². The van der Waals surface area contributed by atoms with Gasteiger partial charge in [-0.05, 0) is 50.9 Å². The molecule has 2 rings (SSSR count). The third-order valence-electron chi connectivity index (χ3n) is 9.61. The second-order valence-corrected chi connectivity index (χ2v) is 14.5. The molecule has 0 spiro atoms. The van der Waals surface area contributed by atoms with Gasteiger partial charge in [0.1, 0.15) is 24.4 Å². The van der Waals surface area contributed by atoms with Crippen molar-refractivity contribution < 1.29 is 64.0 Å². The predicted molar refractivity (Wildman–Crippen MR) is 186 cm³/mol. The van der Waals surface area contributed by atoms with Crippen molar-refractivity contribution in [3.63, 3.8) is 0 Å². The van der Waals surface area contributed by atoms with Crippen LogP contribution in [-0.2, 0) is 33.3 Å². The number of carbonyl (C=O) groups excluding carboxylic acids is 3. The molecular weight excluding hydrogens is 668 g/mol. The highest BCUT2D eigenvalue weighted by molar-refractivity contribution is 5.89. The van der Waals surface area contributed by atoms with Crippen molar-refractivity contribution in [3.8, 4) is 0 Å². The molecule has 0 aromatic rings. The number of Topliss-reactive ketones (excluding diaryl/α,β-unsaturated/α-hetero) is 1. The van der Waals surface area contributed by atoms with Gasteiger partial charge in [0, 0.05) is 50.9 Å². The molecule has 298 valence electrons. The van der Waals surface area contributed by atoms with Crippen LogP contribution in [0.3, 0.4) is 0 Å². The molecule has 2 aliphatic rings. The molecule has 2 aliphatic heterocycles. The van der Waals surface area contributed by atoms with Crippen LogP contribution in [0.4, 0.5) is 0 Å². The van der Waals surface area contributed by atoms with Gasteiger partial charge in [-0.1, -0.05) is 40.5 Å². The summed E-state index contributed by atoms with van der Waals surface area (Å²) in [6, 6.07) is -0.572. The van der Waals surface area contributed by atoms with Gasteiger partial charge < -0.3 is 60.2 Å². The Hall–Kier alpha value is -1.79. The highest BCUT2D eigenvalue weighted by atomic mass is 16.7. The van der Waals surface area contributed by atoms with Crippen LogP contribution in [0.25, 0.3) is 0 Å². The van der Waals surface area contributed by atoms with Crippen LogP contribution in [0.2, 0.25) is 0 Å². The van der Waals surface area contributed by atoms with E-state index in [1.54, 1.807) is 13.8 Å². The van der Waals surface area contributed by atoms with Crippen LogP contribution in [-0.4, -0.2) is 136 Å². The van der Waals surface area contributed by atoms with E-state index >= 15 is 0 Å². The van der Waals surface area contributed by atoms with E-state index in [0.717, 1.165) is 6.42 Å². The first kappa shape index (κ1) is 45.4. The van der Waals surface area contributed by atoms with E-state index in [0.29, 0.717) is 84.0 Å². The van der Waals surface area contributed by atoms with Crippen LogP contribution in [0.1, 0.15) is 105 Å². The summed E-state index contributed by atoms with van der Waals surface area (Å²) >= 11 is 0. The van der Waals surface area contributed by atoms with Gasteiger partial charge in [0.2, 0.25) is 11.8 Å². The first-order chi connectivity index (χ1) is 24.3. The van der Waals surface area contributed by atoms with Crippen LogP contribution >= 0.6 is 0 Å². The molecular formula is C36H66N2O13. The number of ketones is 1. The third-order valence-corrected chi connectivity index (χ3v) is 9.61. The standard InChI is InChI=1S/C36H66N2O13/c1-22(2)19-26(41)25(38-30(43)15-8-6-12-18-49-36-24(4)32(45)34(47)28(21-40)51-36)13-9-10-16-37-29(42)14-7-5-11-17-48-35-23(3)31(44)33(46)27(20-39)50-35/h22-25,27-28,31-36,39-40,44-47H,5-21H2,1-4H3,(H,37,42)(H,38,43). The van der Waals surface area contributed by atoms with Gasteiger partial charge in [-0.15, -0.1) is 0 Å². The normalized spacial score (nSPS) is 30.3. The van der Waals surface area contributed by atoms with Crippen LogP contribution < -0.4 is 10.6 Å². The van der Waals surface area contributed by atoms with Crippen molar-refractivity contribution in [1.82, 2.24) is 10.6 Å². The lowest BCUT2D eigenvalue weighted by molar-refractivity contribution is -0.282. The minimum Gasteiger partial charge on any atom is -0.394 e. The minimum absolute atomic E-state index is 0.00125. The molecule has 0 saturated carbocycles. The Morgan fingerprint density at radius 3 is 1.63 bits per heavy atom. The van der Waals surface area contributed by atoms with E-state index < -0.39 is 80.3 Å². The van der Waals surface area contributed by atoms with Crippen molar-refractivity contribution in [1.29, 1.82) is 0 Å². The van der Waals surface area contributed by atoms with Gasteiger partial charge in [0.15, 0.2) is 18.4 Å². The summed E-state index contributed by atoms with van der Waals surface area (Å²) in [6.45, 7) is 7.68. The zero-order valence-corrected chi connectivity index (χ0v) is 31.0. The number of hydrogen-bond acceptors (Lipinski definition) is 13. The molecule has 0 aromatic carbocycles. The monoisotopic (exact) mass is 734 g/mol. The Bertz CT molecular complexity index is 1000. The Balaban J connectivity index is 1.58. The number of ether oxygens (including phenoxy) is 4. The molecule has 15 nitrogen and oxygen atoms in total. The van der Waals surface area contributed by atoms with E-state index in [2.05, 4.69) is 10.6 Å². The summed E-state index contributed by atoms with van der Waals surface area (Å²) < 4.78 is 22.6. The summed E-state index contributed by atoms with van der Waals surface area (Å²) in [7, 11) is 0. The molecule has 2 saturated heterocycles. The smallest absolute Gasteiger partial charge is 0.220 e. The van der Waals surface area contributed by atoms with Gasteiger partial charge >= 0.3 is 0 Å². The summed E-state index contributed by atoms with van der Waals surface area (Å²) in [5.41, 5.74) is 0. The summed E-state index contributed by atoms with van der Waals surface area (Å²) in [6.07, 6.45) is -0.783. The van der Waals surface area contributed by atoms with E-state index in [1.807, 2.05) is 13.8 Å². The first-order valence-electron chi connectivity index (χ1n) is 18.9. The van der Waals surface area contributed by atoms with Crippen molar-refractivity contribution in [3.05, 3.63) is 0 Å². The predicted octanol–water partition coefficient (Wildman–Crippen LogP) is 0.677. The van der Waals surface area contributed by atoms with Crippen LogP contribution in [0.15, 0.2) is 0 Å². The van der Waals surface area contributed by atoms with Crippen molar-refractivity contribution >= 4 is 17.6 Å². The van der Waals surface area contributed by atoms with Gasteiger partial charge in [-0.2, -0.15) is 0 Å². The molecule has 11 atom stereocenters. The summed E-state index contributed by atoms with van der Waals surface area (Å²) in [5.74, 6) is -0.975. The molecule has 2 heterocycles. The maximum atomic E-state index is 12.9. The number of aliphatic hydroxyl groups excluding tert-OH is 6. The lowest BCUT2D eigenvalue weighted by atomic mass is 9.92. The highest BCUT2D eigenvalue weighted by Gasteiger charge is 2.43. The SMILES string of the molecule is CC(C)CC(=O)C(CCCCNC(=O)CCCCCOC1OC(CO)C(O)C(O)C1C)NC(=O)CCCCCOC1OC(CO)C(O)C(O)C1C. The fourth-order valence-corrected chi connectivity index (χ4v) is 6.26. The average molecular weight is 735 g/mol. The Labute approximate surface area is 302 Å². The number of aliphatic hydroxyl groups is 6. The number of carbonyl (C=O) groups is 3. The molecule has 0 bridgehead atoms. The fourth-order valence-electron chi connectivity index (χ4n) is 6.26. The van der Waals surface area contributed by atoms with Crippen molar-refractivity contribution in [2.45, 2.75) is 160 Å². The Kier molecular flexibility index (Phi) is 21.8. The summed E-state index contributed by atoms with van der Waals surface area (Å²) in [5, 5.41) is 64.7.